The zero-order valence-corrected chi connectivity index (χ0v) is 15.5. The summed E-state index contributed by atoms with van der Waals surface area (Å²) in [6, 6.07) is 11.6. The first kappa shape index (κ1) is 18.1. The third kappa shape index (κ3) is 5.66. The smallest absolute Gasteiger partial charge is 0.148 e. The van der Waals surface area contributed by atoms with E-state index >= 15 is 0 Å². The van der Waals surface area contributed by atoms with E-state index in [2.05, 4.69) is 32.8 Å². The number of likely N-dealkylation sites (tertiary alicyclic amines) is 1. The van der Waals surface area contributed by atoms with Crippen molar-refractivity contribution in [3.8, 4) is 11.3 Å². The summed E-state index contributed by atoms with van der Waals surface area (Å²) in [6.45, 7) is 5.30. The van der Waals surface area contributed by atoms with Gasteiger partial charge in [0, 0.05) is 30.2 Å². The molecule has 1 saturated heterocycles. The number of rotatable bonds is 7. The molecule has 134 valence electrons. The van der Waals surface area contributed by atoms with E-state index in [0.29, 0.717) is 5.02 Å². The third-order valence-corrected chi connectivity index (χ3v) is 4.78. The Balaban J connectivity index is 1.39. The van der Waals surface area contributed by atoms with Crippen molar-refractivity contribution in [1.82, 2.24) is 20.4 Å². The molecule has 1 aromatic carbocycles. The van der Waals surface area contributed by atoms with Crippen LogP contribution in [0.25, 0.3) is 11.3 Å². The maximum absolute atomic E-state index is 6.02. The normalized spacial score (nSPS) is 18.2. The van der Waals surface area contributed by atoms with Gasteiger partial charge in [0.1, 0.15) is 5.82 Å². The van der Waals surface area contributed by atoms with Crippen LogP contribution in [0, 0.1) is 5.92 Å². The Hall–Kier alpha value is -1.69. The second kappa shape index (κ2) is 9.13. The lowest BCUT2D eigenvalue weighted by Gasteiger charge is -2.29. The zero-order valence-electron chi connectivity index (χ0n) is 14.7. The van der Waals surface area contributed by atoms with Gasteiger partial charge in [0.25, 0.3) is 0 Å². The first-order valence-corrected chi connectivity index (χ1v) is 9.31. The van der Waals surface area contributed by atoms with Crippen LogP contribution in [0.4, 0.5) is 5.82 Å². The average Bonchev–Trinajstić information content (AvgIpc) is 2.62. The molecule has 2 N–H and O–H groups in total. The summed E-state index contributed by atoms with van der Waals surface area (Å²) in [5.41, 5.74) is 1.80. The number of benzene rings is 1. The molecule has 3 rings (SSSR count). The van der Waals surface area contributed by atoms with Crippen molar-refractivity contribution in [2.45, 2.75) is 12.8 Å². The van der Waals surface area contributed by atoms with E-state index in [-0.39, 0.29) is 0 Å². The number of nitrogens with zero attached hydrogens (tertiary/aromatic N) is 3. The SMILES string of the molecule is CN1CCCC(CNCCNc2ccc(-c3cccc(Cl)c3)nn2)C1. The molecule has 0 aliphatic carbocycles. The minimum absolute atomic E-state index is 0.705. The third-order valence-electron chi connectivity index (χ3n) is 4.55. The van der Waals surface area contributed by atoms with Crippen molar-refractivity contribution in [3.63, 3.8) is 0 Å². The minimum Gasteiger partial charge on any atom is -0.367 e. The van der Waals surface area contributed by atoms with Crippen LogP contribution in [0.5, 0.6) is 0 Å². The predicted molar refractivity (Wildman–Crippen MR) is 104 cm³/mol. The number of piperidine rings is 1. The van der Waals surface area contributed by atoms with E-state index in [0.717, 1.165) is 42.6 Å². The van der Waals surface area contributed by atoms with Crippen LogP contribution in [0.3, 0.4) is 0 Å². The average molecular weight is 360 g/mol. The monoisotopic (exact) mass is 359 g/mol. The van der Waals surface area contributed by atoms with Gasteiger partial charge >= 0.3 is 0 Å². The van der Waals surface area contributed by atoms with Gasteiger partial charge in [-0.3, -0.25) is 0 Å². The summed E-state index contributed by atoms with van der Waals surface area (Å²) in [5, 5.41) is 16.1. The van der Waals surface area contributed by atoms with Crippen LogP contribution in [0.1, 0.15) is 12.8 Å². The number of nitrogens with one attached hydrogen (secondary N) is 2. The highest BCUT2D eigenvalue weighted by molar-refractivity contribution is 6.30. The van der Waals surface area contributed by atoms with E-state index < -0.39 is 0 Å². The maximum atomic E-state index is 6.02. The Kier molecular flexibility index (Phi) is 6.62. The largest absolute Gasteiger partial charge is 0.367 e. The Labute approximate surface area is 154 Å². The van der Waals surface area contributed by atoms with E-state index in [4.69, 9.17) is 11.6 Å². The van der Waals surface area contributed by atoms with Gasteiger partial charge in [-0.25, -0.2) is 0 Å². The van der Waals surface area contributed by atoms with Crippen molar-refractivity contribution >= 4 is 17.4 Å². The van der Waals surface area contributed by atoms with E-state index in [1.807, 2.05) is 36.4 Å². The van der Waals surface area contributed by atoms with Crippen molar-refractivity contribution < 1.29 is 0 Å². The highest BCUT2D eigenvalue weighted by Gasteiger charge is 2.16. The van der Waals surface area contributed by atoms with Crippen molar-refractivity contribution in [2.24, 2.45) is 5.92 Å². The first-order valence-electron chi connectivity index (χ1n) is 8.93. The van der Waals surface area contributed by atoms with Gasteiger partial charge < -0.3 is 15.5 Å². The van der Waals surface area contributed by atoms with Crippen LogP contribution in [-0.2, 0) is 0 Å². The number of hydrogen-bond donors (Lipinski definition) is 2. The molecule has 0 radical (unpaired) electrons. The topological polar surface area (TPSA) is 53.1 Å². The Bertz CT molecular complexity index is 661. The predicted octanol–water partition coefficient (Wildman–Crippen LogP) is 3.14. The molecule has 0 amide bonds. The molecule has 5 nitrogen and oxygen atoms in total. The van der Waals surface area contributed by atoms with Gasteiger partial charge in [0.2, 0.25) is 0 Å². The fraction of sp³-hybridized carbons (Fsp3) is 0.474. The molecule has 6 heteroatoms. The summed E-state index contributed by atoms with van der Waals surface area (Å²) < 4.78 is 0. The fourth-order valence-electron chi connectivity index (χ4n) is 3.25. The number of halogens is 1. The van der Waals surface area contributed by atoms with Gasteiger partial charge in [-0.05, 0) is 63.2 Å². The lowest BCUT2D eigenvalue weighted by Crippen LogP contribution is -2.38. The summed E-state index contributed by atoms with van der Waals surface area (Å²) in [5.74, 6) is 1.57. The van der Waals surface area contributed by atoms with Gasteiger partial charge in [0.05, 0.1) is 5.69 Å². The van der Waals surface area contributed by atoms with E-state index in [1.54, 1.807) is 0 Å². The summed E-state index contributed by atoms with van der Waals surface area (Å²) in [7, 11) is 2.21. The van der Waals surface area contributed by atoms with Crippen LogP contribution in [0.15, 0.2) is 36.4 Å². The Morgan fingerprint density at radius 1 is 1.20 bits per heavy atom. The number of anilines is 1. The van der Waals surface area contributed by atoms with E-state index in [9.17, 15) is 0 Å². The van der Waals surface area contributed by atoms with Crippen LogP contribution < -0.4 is 10.6 Å². The number of aromatic nitrogens is 2. The molecular weight excluding hydrogens is 334 g/mol. The second-order valence-electron chi connectivity index (χ2n) is 6.72. The van der Waals surface area contributed by atoms with Crippen LogP contribution in [-0.4, -0.2) is 54.9 Å². The molecule has 1 aliphatic heterocycles. The summed E-state index contributed by atoms with van der Waals surface area (Å²) in [6.07, 6.45) is 2.65. The molecule has 1 aromatic heterocycles. The van der Waals surface area contributed by atoms with Gasteiger partial charge in [-0.15, -0.1) is 10.2 Å². The van der Waals surface area contributed by atoms with E-state index in [1.165, 1.54) is 25.9 Å². The maximum Gasteiger partial charge on any atom is 0.148 e. The Morgan fingerprint density at radius 3 is 2.88 bits per heavy atom. The number of hydrogen-bond acceptors (Lipinski definition) is 5. The molecule has 1 atom stereocenters. The molecule has 1 unspecified atom stereocenters. The molecule has 1 fully saturated rings. The quantitative estimate of drug-likeness (QED) is 0.744. The Morgan fingerprint density at radius 2 is 2.12 bits per heavy atom. The highest BCUT2D eigenvalue weighted by Crippen LogP contribution is 2.20. The minimum atomic E-state index is 0.705. The van der Waals surface area contributed by atoms with Crippen molar-refractivity contribution in [1.29, 1.82) is 0 Å². The van der Waals surface area contributed by atoms with Gasteiger partial charge in [-0.1, -0.05) is 23.7 Å². The zero-order chi connectivity index (χ0) is 17.5. The first-order chi connectivity index (χ1) is 12.2. The second-order valence-corrected chi connectivity index (χ2v) is 7.15. The lowest BCUT2D eigenvalue weighted by molar-refractivity contribution is 0.207. The molecule has 0 saturated carbocycles. The van der Waals surface area contributed by atoms with Crippen LogP contribution in [0.2, 0.25) is 5.02 Å². The summed E-state index contributed by atoms with van der Waals surface area (Å²) in [4.78, 5) is 2.42. The van der Waals surface area contributed by atoms with Crippen LogP contribution >= 0.6 is 11.6 Å². The highest BCUT2D eigenvalue weighted by atomic mass is 35.5. The molecular formula is C19H26ClN5. The molecule has 2 heterocycles. The molecule has 0 bridgehead atoms. The van der Waals surface area contributed by atoms with Gasteiger partial charge in [-0.2, -0.15) is 0 Å². The lowest BCUT2D eigenvalue weighted by atomic mass is 9.98. The molecule has 25 heavy (non-hydrogen) atoms. The summed E-state index contributed by atoms with van der Waals surface area (Å²) >= 11 is 6.02. The molecule has 1 aliphatic rings. The molecule has 0 spiro atoms. The molecule has 2 aromatic rings. The van der Waals surface area contributed by atoms with Crippen molar-refractivity contribution in [2.75, 3.05) is 45.1 Å². The van der Waals surface area contributed by atoms with Gasteiger partial charge in [0.15, 0.2) is 0 Å². The standard InChI is InChI=1S/C19H26ClN5/c1-25-11-3-4-15(14-25)13-21-9-10-22-19-8-7-18(23-24-19)16-5-2-6-17(20)12-16/h2,5-8,12,15,21H,3-4,9-11,13-14H2,1H3,(H,22,24). The fourth-order valence-corrected chi connectivity index (χ4v) is 3.44. The van der Waals surface area contributed by atoms with Crippen molar-refractivity contribution in [3.05, 3.63) is 41.4 Å².